The molecule has 5 heteroatoms. The average molecular weight is 260 g/mol. The van der Waals surface area contributed by atoms with E-state index in [9.17, 15) is 13.2 Å². The maximum atomic E-state index is 13.7. The van der Waals surface area contributed by atoms with Gasteiger partial charge in [0, 0.05) is 24.2 Å². The average Bonchev–Trinajstić information content (AvgIpc) is 2.30. The summed E-state index contributed by atoms with van der Waals surface area (Å²) < 4.78 is 39.9. The summed E-state index contributed by atoms with van der Waals surface area (Å²) in [6.07, 6.45) is 0. The second kappa shape index (κ2) is 6.20. The summed E-state index contributed by atoms with van der Waals surface area (Å²) >= 11 is 0. The Bertz CT molecular complexity index is 407. The van der Waals surface area contributed by atoms with E-state index < -0.39 is 23.5 Å². The largest absolute Gasteiger partial charge is 0.329 e. The summed E-state index contributed by atoms with van der Waals surface area (Å²) in [7, 11) is 0. The van der Waals surface area contributed by atoms with Crippen molar-refractivity contribution in [1.82, 2.24) is 4.90 Å². The molecule has 0 aliphatic carbocycles. The number of hydrogen-bond donors (Lipinski definition) is 1. The van der Waals surface area contributed by atoms with Gasteiger partial charge in [-0.2, -0.15) is 0 Å². The van der Waals surface area contributed by atoms with Crippen LogP contribution in [0.2, 0.25) is 0 Å². The van der Waals surface area contributed by atoms with Crippen molar-refractivity contribution in [1.29, 1.82) is 0 Å². The Balaban J connectivity index is 3.20. The second-order valence-electron chi connectivity index (χ2n) is 4.46. The number of halogens is 3. The lowest BCUT2D eigenvalue weighted by atomic mass is 10.0. The molecule has 2 N–H and O–H groups in total. The summed E-state index contributed by atoms with van der Waals surface area (Å²) in [5.74, 6) is -2.99. The first-order chi connectivity index (χ1) is 8.42. The van der Waals surface area contributed by atoms with Gasteiger partial charge in [-0.3, -0.25) is 4.90 Å². The van der Waals surface area contributed by atoms with Crippen molar-refractivity contribution < 1.29 is 13.2 Å². The molecule has 0 aromatic heterocycles. The van der Waals surface area contributed by atoms with Crippen LogP contribution < -0.4 is 5.73 Å². The highest BCUT2D eigenvalue weighted by molar-refractivity contribution is 5.24. The molecule has 1 atom stereocenters. The highest BCUT2D eigenvalue weighted by Gasteiger charge is 2.24. The van der Waals surface area contributed by atoms with Gasteiger partial charge in [-0.05, 0) is 26.5 Å². The van der Waals surface area contributed by atoms with E-state index in [1.807, 2.05) is 25.7 Å². The number of rotatable bonds is 5. The van der Waals surface area contributed by atoms with E-state index >= 15 is 0 Å². The Kier molecular flexibility index (Phi) is 5.16. The zero-order valence-corrected chi connectivity index (χ0v) is 10.9. The van der Waals surface area contributed by atoms with Crippen molar-refractivity contribution in [3.8, 4) is 0 Å². The Hall–Kier alpha value is -1.07. The van der Waals surface area contributed by atoms with Crippen LogP contribution in [-0.2, 0) is 0 Å². The van der Waals surface area contributed by atoms with Gasteiger partial charge < -0.3 is 5.73 Å². The van der Waals surface area contributed by atoms with Gasteiger partial charge in [0.25, 0.3) is 0 Å². The van der Waals surface area contributed by atoms with E-state index in [-0.39, 0.29) is 18.2 Å². The molecule has 1 aromatic carbocycles. The van der Waals surface area contributed by atoms with Crippen molar-refractivity contribution in [2.24, 2.45) is 5.73 Å². The van der Waals surface area contributed by atoms with Crippen molar-refractivity contribution in [3.05, 3.63) is 35.1 Å². The zero-order valence-electron chi connectivity index (χ0n) is 10.9. The molecule has 1 unspecified atom stereocenters. The lowest BCUT2D eigenvalue weighted by molar-refractivity contribution is 0.163. The third kappa shape index (κ3) is 3.03. The molecule has 0 saturated heterocycles. The third-order valence-corrected chi connectivity index (χ3v) is 3.05. The Labute approximate surface area is 106 Å². The van der Waals surface area contributed by atoms with E-state index in [0.29, 0.717) is 12.6 Å². The fraction of sp³-hybridized carbons (Fsp3) is 0.538. The van der Waals surface area contributed by atoms with Gasteiger partial charge in [0.1, 0.15) is 5.82 Å². The molecule has 2 nitrogen and oxygen atoms in total. The molecule has 0 saturated carbocycles. The molecular formula is C13H19F3N2. The van der Waals surface area contributed by atoms with Crippen LogP contribution in [0.5, 0.6) is 0 Å². The van der Waals surface area contributed by atoms with Gasteiger partial charge in [0.15, 0.2) is 11.6 Å². The molecular weight excluding hydrogens is 241 g/mol. The van der Waals surface area contributed by atoms with Crippen LogP contribution in [0.15, 0.2) is 12.1 Å². The maximum absolute atomic E-state index is 13.7. The summed E-state index contributed by atoms with van der Waals surface area (Å²) in [6.45, 7) is 6.61. The quantitative estimate of drug-likeness (QED) is 0.825. The summed E-state index contributed by atoms with van der Waals surface area (Å²) in [5, 5.41) is 0. The summed E-state index contributed by atoms with van der Waals surface area (Å²) in [4.78, 5) is 1.94. The number of hydrogen-bond acceptors (Lipinski definition) is 2. The zero-order chi connectivity index (χ0) is 13.9. The highest BCUT2D eigenvalue weighted by Crippen LogP contribution is 2.26. The predicted octanol–water partition coefficient (Wildman–Crippen LogP) is 2.83. The lowest BCUT2D eigenvalue weighted by Gasteiger charge is -2.33. The van der Waals surface area contributed by atoms with Gasteiger partial charge in [-0.15, -0.1) is 0 Å². The van der Waals surface area contributed by atoms with E-state index in [0.717, 1.165) is 6.07 Å². The third-order valence-electron chi connectivity index (χ3n) is 3.05. The molecule has 0 radical (unpaired) electrons. The molecule has 0 bridgehead atoms. The molecule has 0 heterocycles. The minimum Gasteiger partial charge on any atom is -0.329 e. The fourth-order valence-corrected chi connectivity index (χ4v) is 2.18. The molecule has 0 aliphatic heterocycles. The minimum atomic E-state index is -1.18. The Morgan fingerprint density at radius 3 is 2.11 bits per heavy atom. The van der Waals surface area contributed by atoms with Crippen molar-refractivity contribution in [3.63, 3.8) is 0 Å². The smallest absolute Gasteiger partial charge is 0.161 e. The predicted molar refractivity (Wildman–Crippen MR) is 65.6 cm³/mol. The maximum Gasteiger partial charge on any atom is 0.161 e. The van der Waals surface area contributed by atoms with Gasteiger partial charge in [0.2, 0.25) is 0 Å². The molecule has 0 aliphatic rings. The van der Waals surface area contributed by atoms with Gasteiger partial charge >= 0.3 is 0 Å². The Morgan fingerprint density at radius 2 is 1.67 bits per heavy atom. The van der Waals surface area contributed by atoms with Crippen molar-refractivity contribution >= 4 is 0 Å². The normalized spacial score (nSPS) is 13.4. The molecule has 1 aromatic rings. The van der Waals surface area contributed by atoms with E-state index in [1.165, 1.54) is 0 Å². The van der Waals surface area contributed by atoms with Crippen LogP contribution in [0, 0.1) is 17.5 Å². The monoisotopic (exact) mass is 260 g/mol. The van der Waals surface area contributed by atoms with Gasteiger partial charge in [-0.25, -0.2) is 13.2 Å². The SMILES string of the molecule is CCN(C(C)C)C(CN)c1cc(F)c(F)cc1F. The topological polar surface area (TPSA) is 29.3 Å². The van der Waals surface area contributed by atoms with Crippen molar-refractivity contribution in [2.45, 2.75) is 32.9 Å². The summed E-state index contributed by atoms with van der Waals surface area (Å²) in [6, 6.07) is 1.15. The Morgan fingerprint density at radius 1 is 1.11 bits per heavy atom. The van der Waals surface area contributed by atoms with E-state index in [2.05, 4.69) is 0 Å². The van der Waals surface area contributed by atoms with E-state index in [1.54, 1.807) is 0 Å². The molecule has 0 fully saturated rings. The number of likely N-dealkylation sites (N-methyl/N-ethyl adjacent to an activating group) is 1. The molecule has 0 spiro atoms. The first kappa shape index (κ1) is 15.0. The van der Waals surface area contributed by atoms with Crippen LogP contribution >= 0.6 is 0 Å². The standard InChI is InChI=1S/C13H19F3N2/c1-4-18(8(2)3)13(7-17)9-5-11(15)12(16)6-10(9)14/h5-6,8,13H,4,7,17H2,1-3H3. The molecule has 102 valence electrons. The fourth-order valence-electron chi connectivity index (χ4n) is 2.18. The first-order valence-electron chi connectivity index (χ1n) is 6.02. The molecule has 0 amide bonds. The highest BCUT2D eigenvalue weighted by atomic mass is 19.2. The minimum absolute atomic E-state index is 0.104. The van der Waals surface area contributed by atoms with Crippen LogP contribution in [0.3, 0.4) is 0 Å². The lowest BCUT2D eigenvalue weighted by Crippen LogP contribution is -2.39. The second-order valence-corrected chi connectivity index (χ2v) is 4.46. The van der Waals surface area contributed by atoms with Crippen LogP contribution in [-0.4, -0.2) is 24.0 Å². The van der Waals surface area contributed by atoms with Crippen LogP contribution in [0.25, 0.3) is 0 Å². The molecule has 18 heavy (non-hydrogen) atoms. The molecule has 1 rings (SSSR count). The summed E-state index contributed by atoms with van der Waals surface area (Å²) in [5.41, 5.74) is 5.76. The first-order valence-corrected chi connectivity index (χ1v) is 6.02. The number of nitrogens with zero attached hydrogens (tertiary/aromatic N) is 1. The van der Waals surface area contributed by atoms with Crippen LogP contribution in [0.1, 0.15) is 32.4 Å². The number of benzene rings is 1. The van der Waals surface area contributed by atoms with Gasteiger partial charge in [0.05, 0.1) is 6.04 Å². The van der Waals surface area contributed by atoms with Gasteiger partial charge in [-0.1, -0.05) is 6.92 Å². The van der Waals surface area contributed by atoms with Crippen LogP contribution in [0.4, 0.5) is 13.2 Å². The van der Waals surface area contributed by atoms with E-state index in [4.69, 9.17) is 5.73 Å². The number of nitrogens with two attached hydrogens (primary N) is 1. The van der Waals surface area contributed by atoms with Crippen molar-refractivity contribution in [2.75, 3.05) is 13.1 Å².